The molecule has 0 spiro atoms. The molecule has 7 nitrogen and oxygen atoms in total. The number of aryl methyl sites for hydroxylation is 1. The fraction of sp³-hybridized carbons (Fsp3) is 0.235. The number of aromatic nitrogens is 4. The van der Waals surface area contributed by atoms with Crippen LogP contribution in [0.3, 0.4) is 0 Å². The second-order valence-corrected chi connectivity index (χ2v) is 5.67. The molecule has 1 amide bonds. The van der Waals surface area contributed by atoms with Gasteiger partial charge in [-0.1, -0.05) is 0 Å². The number of anilines is 1. The Bertz CT molecular complexity index is 848. The van der Waals surface area contributed by atoms with E-state index in [4.69, 9.17) is 0 Å². The lowest BCUT2D eigenvalue weighted by Crippen LogP contribution is -2.22. The molecule has 0 bridgehead atoms. The van der Waals surface area contributed by atoms with Gasteiger partial charge in [0.1, 0.15) is 11.5 Å². The van der Waals surface area contributed by atoms with Crippen LogP contribution in [0.1, 0.15) is 22.0 Å². The summed E-state index contributed by atoms with van der Waals surface area (Å²) in [6, 6.07) is 7.55. The second-order valence-electron chi connectivity index (χ2n) is 5.67. The zero-order valence-electron chi connectivity index (χ0n) is 13.9. The summed E-state index contributed by atoms with van der Waals surface area (Å²) >= 11 is 0. The predicted molar refractivity (Wildman–Crippen MR) is 92.2 cm³/mol. The number of hydrogen-bond acceptors (Lipinski definition) is 4. The van der Waals surface area contributed by atoms with Crippen LogP contribution in [0.15, 0.2) is 42.9 Å². The standard InChI is InChI=1S/C17H20N6O/c1-12-18-9-10-23(12)16-14(5-4-8-19-16)20-11-13-6-7-15(21-13)17(24)22(2)3/h4-10,20-21H,11H2,1-3H3. The van der Waals surface area contributed by atoms with Gasteiger partial charge >= 0.3 is 0 Å². The number of aromatic amines is 1. The van der Waals surface area contributed by atoms with Crippen molar-refractivity contribution >= 4 is 11.6 Å². The van der Waals surface area contributed by atoms with Crippen LogP contribution in [0, 0.1) is 6.92 Å². The van der Waals surface area contributed by atoms with Gasteiger partial charge in [0.25, 0.3) is 5.91 Å². The van der Waals surface area contributed by atoms with Gasteiger partial charge in [0.05, 0.1) is 12.2 Å². The van der Waals surface area contributed by atoms with E-state index in [2.05, 4.69) is 20.3 Å². The van der Waals surface area contributed by atoms with Crippen LogP contribution in [-0.2, 0) is 6.54 Å². The Labute approximate surface area is 140 Å². The summed E-state index contributed by atoms with van der Waals surface area (Å²) in [5, 5.41) is 3.36. The monoisotopic (exact) mass is 324 g/mol. The molecule has 0 atom stereocenters. The third-order valence-corrected chi connectivity index (χ3v) is 3.69. The van der Waals surface area contributed by atoms with Crippen LogP contribution in [0.25, 0.3) is 5.82 Å². The van der Waals surface area contributed by atoms with Gasteiger partial charge in [-0.2, -0.15) is 0 Å². The molecule has 124 valence electrons. The summed E-state index contributed by atoms with van der Waals surface area (Å²) in [6.07, 6.45) is 5.38. The van der Waals surface area contributed by atoms with E-state index < -0.39 is 0 Å². The third kappa shape index (κ3) is 3.15. The highest BCUT2D eigenvalue weighted by Gasteiger charge is 2.11. The fourth-order valence-electron chi connectivity index (χ4n) is 2.43. The number of carbonyl (C=O) groups is 1. The number of hydrogen-bond donors (Lipinski definition) is 2. The lowest BCUT2D eigenvalue weighted by Gasteiger charge is -2.12. The maximum absolute atomic E-state index is 11.9. The van der Waals surface area contributed by atoms with Gasteiger partial charge in [-0.15, -0.1) is 0 Å². The molecule has 3 rings (SSSR count). The van der Waals surface area contributed by atoms with Gasteiger partial charge in [0.2, 0.25) is 0 Å². The number of imidazole rings is 1. The summed E-state index contributed by atoms with van der Waals surface area (Å²) < 4.78 is 1.93. The minimum atomic E-state index is -0.0441. The largest absolute Gasteiger partial charge is 0.376 e. The van der Waals surface area contributed by atoms with E-state index in [1.807, 2.05) is 35.9 Å². The van der Waals surface area contributed by atoms with E-state index in [0.29, 0.717) is 12.2 Å². The van der Waals surface area contributed by atoms with E-state index >= 15 is 0 Å². The normalized spacial score (nSPS) is 10.6. The molecule has 7 heteroatoms. The molecule has 0 aliphatic carbocycles. The average molecular weight is 324 g/mol. The SMILES string of the molecule is Cc1nccn1-c1ncccc1NCc1ccc(C(=O)N(C)C)[nH]1. The molecule has 0 aliphatic rings. The van der Waals surface area contributed by atoms with E-state index in [1.165, 1.54) is 0 Å². The van der Waals surface area contributed by atoms with Crippen LogP contribution in [0.5, 0.6) is 0 Å². The lowest BCUT2D eigenvalue weighted by atomic mass is 10.3. The first-order valence-corrected chi connectivity index (χ1v) is 7.65. The number of pyridine rings is 1. The topological polar surface area (TPSA) is 78.8 Å². The van der Waals surface area contributed by atoms with Crippen molar-refractivity contribution in [2.75, 3.05) is 19.4 Å². The van der Waals surface area contributed by atoms with Crippen molar-refractivity contribution in [1.82, 2.24) is 24.4 Å². The van der Waals surface area contributed by atoms with Crippen LogP contribution in [0.4, 0.5) is 5.69 Å². The van der Waals surface area contributed by atoms with Gasteiger partial charge < -0.3 is 15.2 Å². The number of carbonyl (C=O) groups excluding carboxylic acids is 1. The van der Waals surface area contributed by atoms with Gasteiger partial charge in [-0.3, -0.25) is 9.36 Å². The first-order valence-electron chi connectivity index (χ1n) is 7.65. The molecule has 0 aliphatic heterocycles. The molecular formula is C17H20N6O. The third-order valence-electron chi connectivity index (χ3n) is 3.69. The summed E-state index contributed by atoms with van der Waals surface area (Å²) in [5.41, 5.74) is 2.40. The molecule has 3 heterocycles. The molecule has 24 heavy (non-hydrogen) atoms. The van der Waals surface area contributed by atoms with Crippen molar-refractivity contribution in [1.29, 1.82) is 0 Å². The molecular weight excluding hydrogens is 304 g/mol. The van der Waals surface area contributed by atoms with Gasteiger partial charge in [0, 0.05) is 38.4 Å². The van der Waals surface area contributed by atoms with Crippen molar-refractivity contribution in [3.63, 3.8) is 0 Å². The van der Waals surface area contributed by atoms with Gasteiger partial charge in [-0.25, -0.2) is 9.97 Å². The second kappa shape index (κ2) is 6.57. The van der Waals surface area contributed by atoms with E-state index in [9.17, 15) is 4.79 Å². The number of nitrogens with zero attached hydrogens (tertiary/aromatic N) is 4. The van der Waals surface area contributed by atoms with Gasteiger partial charge in [-0.05, 0) is 31.2 Å². The fourth-order valence-corrected chi connectivity index (χ4v) is 2.43. The van der Waals surface area contributed by atoms with Crippen LogP contribution in [0.2, 0.25) is 0 Å². The molecule has 2 N–H and O–H groups in total. The van der Waals surface area contributed by atoms with Crippen molar-refractivity contribution < 1.29 is 4.79 Å². The van der Waals surface area contributed by atoms with Crippen LogP contribution < -0.4 is 5.32 Å². The summed E-state index contributed by atoms with van der Waals surface area (Å²) in [7, 11) is 3.47. The summed E-state index contributed by atoms with van der Waals surface area (Å²) in [4.78, 5) is 25.3. The maximum Gasteiger partial charge on any atom is 0.269 e. The summed E-state index contributed by atoms with van der Waals surface area (Å²) in [5.74, 6) is 1.62. The number of H-pyrrole nitrogens is 1. The van der Waals surface area contributed by atoms with E-state index in [-0.39, 0.29) is 5.91 Å². The molecule has 0 unspecified atom stereocenters. The minimum absolute atomic E-state index is 0.0441. The summed E-state index contributed by atoms with van der Waals surface area (Å²) in [6.45, 7) is 2.50. The molecule has 3 aromatic heterocycles. The Morgan fingerprint density at radius 3 is 2.79 bits per heavy atom. The molecule has 0 saturated heterocycles. The Kier molecular flexibility index (Phi) is 4.33. The first-order chi connectivity index (χ1) is 11.6. The highest BCUT2D eigenvalue weighted by Crippen LogP contribution is 2.19. The van der Waals surface area contributed by atoms with Crippen molar-refractivity contribution in [3.8, 4) is 5.82 Å². The average Bonchev–Trinajstić information content (AvgIpc) is 3.21. The van der Waals surface area contributed by atoms with Crippen LogP contribution in [-0.4, -0.2) is 44.4 Å². The quantitative estimate of drug-likeness (QED) is 0.754. The number of nitrogens with one attached hydrogen (secondary N) is 2. The Balaban J connectivity index is 1.77. The smallest absolute Gasteiger partial charge is 0.269 e. The van der Waals surface area contributed by atoms with Crippen molar-refractivity contribution in [2.45, 2.75) is 13.5 Å². The molecule has 3 aromatic rings. The zero-order valence-corrected chi connectivity index (χ0v) is 13.9. The highest BCUT2D eigenvalue weighted by atomic mass is 16.2. The number of rotatable bonds is 5. The highest BCUT2D eigenvalue weighted by molar-refractivity contribution is 5.92. The Morgan fingerprint density at radius 1 is 1.25 bits per heavy atom. The first kappa shape index (κ1) is 15.8. The predicted octanol–water partition coefficient (Wildman–Crippen LogP) is 2.22. The van der Waals surface area contributed by atoms with Crippen molar-refractivity contribution in [2.24, 2.45) is 0 Å². The Hall–Kier alpha value is -3.09. The zero-order chi connectivity index (χ0) is 17.1. The van der Waals surface area contributed by atoms with E-state index in [0.717, 1.165) is 23.0 Å². The molecule has 0 saturated carbocycles. The Morgan fingerprint density at radius 2 is 2.08 bits per heavy atom. The molecule has 0 radical (unpaired) electrons. The molecule has 0 aromatic carbocycles. The lowest BCUT2D eigenvalue weighted by molar-refractivity contribution is 0.0822. The van der Waals surface area contributed by atoms with Crippen molar-refractivity contribution in [3.05, 3.63) is 60.1 Å². The number of amides is 1. The van der Waals surface area contributed by atoms with Crippen LogP contribution >= 0.6 is 0 Å². The van der Waals surface area contributed by atoms with E-state index in [1.54, 1.807) is 37.5 Å². The molecule has 0 fully saturated rings. The maximum atomic E-state index is 11.9. The minimum Gasteiger partial charge on any atom is -0.376 e. The van der Waals surface area contributed by atoms with Gasteiger partial charge in [0.15, 0.2) is 5.82 Å².